The third kappa shape index (κ3) is 7.71. The number of nitrogens with zero attached hydrogens (tertiary/aromatic N) is 1. The number of Topliss-reactive ketones (excluding diaryl/α,β-unsaturated/α-hetero) is 1. The van der Waals surface area contributed by atoms with E-state index in [2.05, 4.69) is 15.6 Å². The molecule has 2 amide bonds. The van der Waals surface area contributed by atoms with E-state index in [0.717, 1.165) is 5.56 Å². The molecule has 0 saturated heterocycles. The average molecular weight is 494 g/mol. The van der Waals surface area contributed by atoms with Gasteiger partial charge in [0, 0.05) is 12.6 Å². The number of ketones is 1. The largest absolute Gasteiger partial charge is 0.494 e. The zero-order chi connectivity index (χ0) is 25.9. The number of pyridine rings is 1. The minimum absolute atomic E-state index is 0.0304. The Bertz CT molecular complexity index is 1170. The topological polar surface area (TPSA) is 107 Å². The van der Waals surface area contributed by atoms with Gasteiger partial charge in [0.1, 0.15) is 12.1 Å². The SMILES string of the molecule is COc1ccc(CO[C@H](C)C(=O)N[C@H](Cc2ccccc2)C(=O)C(=O)NCc2ccccn2)cc1F. The molecule has 36 heavy (non-hydrogen) atoms. The number of amides is 2. The van der Waals surface area contributed by atoms with Gasteiger partial charge in [-0.1, -0.05) is 42.5 Å². The first kappa shape index (κ1) is 26.5. The van der Waals surface area contributed by atoms with Crippen molar-refractivity contribution in [2.45, 2.75) is 38.6 Å². The number of nitrogens with one attached hydrogen (secondary N) is 2. The maximum atomic E-state index is 13.9. The third-order valence-corrected chi connectivity index (χ3v) is 5.38. The van der Waals surface area contributed by atoms with E-state index in [1.165, 1.54) is 26.2 Å². The van der Waals surface area contributed by atoms with E-state index in [4.69, 9.17) is 9.47 Å². The Labute approximate surface area is 208 Å². The van der Waals surface area contributed by atoms with Gasteiger partial charge in [-0.15, -0.1) is 0 Å². The van der Waals surface area contributed by atoms with Crippen molar-refractivity contribution in [1.29, 1.82) is 0 Å². The molecule has 0 saturated carbocycles. The number of carbonyl (C=O) groups is 3. The maximum absolute atomic E-state index is 13.9. The number of hydrogen-bond donors (Lipinski definition) is 2. The van der Waals surface area contributed by atoms with Gasteiger partial charge in [0.05, 0.1) is 26.0 Å². The minimum atomic E-state index is -1.10. The van der Waals surface area contributed by atoms with Gasteiger partial charge in [0.15, 0.2) is 11.6 Å². The van der Waals surface area contributed by atoms with E-state index in [-0.39, 0.29) is 25.3 Å². The number of ether oxygens (including phenoxy) is 2. The highest BCUT2D eigenvalue weighted by Crippen LogP contribution is 2.18. The molecule has 3 rings (SSSR count). The van der Waals surface area contributed by atoms with Crippen molar-refractivity contribution in [3.8, 4) is 5.75 Å². The lowest BCUT2D eigenvalue weighted by Crippen LogP contribution is -2.51. The standard InChI is InChI=1S/C27H28FN3O5/c1-18(36-17-20-11-12-24(35-2)22(28)14-20)26(33)31-23(15-19-8-4-3-5-9-19)25(32)27(34)30-16-21-10-6-7-13-29-21/h3-14,18,23H,15-17H2,1-2H3,(H,30,34)(H,31,33)/t18-,23-/m1/s1. The number of benzene rings is 2. The summed E-state index contributed by atoms with van der Waals surface area (Å²) in [5, 5.41) is 5.18. The van der Waals surface area contributed by atoms with Gasteiger partial charge >= 0.3 is 0 Å². The number of carbonyl (C=O) groups excluding carboxylic acids is 3. The van der Waals surface area contributed by atoms with Crippen LogP contribution in [0.5, 0.6) is 5.75 Å². The van der Waals surface area contributed by atoms with Crippen LogP contribution in [0.1, 0.15) is 23.7 Å². The van der Waals surface area contributed by atoms with E-state index < -0.39 is 35.6 Å². The quantitative estimate of drug-likeness (QED) is 0.376. The fraction of sp³-hybridized carbons (Fsp3) is 0.259. The summed E-state index contributed by atoms with van der Waals surface area (Å²) in [7, 11) is 1.37. The van der Waals surface area contributed by atoms with Crippen LogP contribution >= 0.6 is 0 Å². The zero-order valence-electron chi connectivity index (χ0n) is 20.1. The van der Waals surface area contributed by atoms with Crippen LogP contribution < -0.4 is 15.4 Å². The Morgan fingerprint density at radius 3 is 2.42 bits per heavy atom. The number of aromatic nitrogens is 1. The summed E-state index contributed by atoms with van der Waals surface area (Å²) >= 11 is 0. The van der Waals surface area contributed by atoms with Crippen molar-refractivity contribution >= 4 is 17.6 Å². The van der Waals surface area contributed by atoms with Crippen LogP contribution in [0, 0.1) is 5.82 Å². The molecule has 188 valence electrons. The summed E-state index contributed by atoms with van der Waals surface area (Å²) in [6, 6.07) is 17.5. The Kier molecular flexibility index (Phi) is 9.64. The minimum Gasteiger partial charge on any atom is -0.494 e. The van der Waals surface area contributed by atoms with Crippen LogP contribution in [0.3, 0.4) is 0 Å². The van der Waals surface area contributed by atoms with Crippen molar-refractivity contribution in [3.63, 3.8) is 0 Å². The molecule has 2 aromatic carbocycles. The van der Waals surface area contributed by atoms with Gasteiger partial charge < -0.3 is 20.1 Å². The van der Waals surface area contributed by atoms with Gasteiger partial charge in [0.25, 0.3) is 5.91 Å². The van der Waals surface area contributed by atoms with Crippen LogP contribution in [0.4, 0.5) is 4.39 Å². The number of hydrogen-bond acceptors (Lipinski definition) is 6. The van der Waals surface area contributed by atoms with E-state index in [1.54, 1.807) is 54.7 Å². The molecule has 0 fully saturated rings. The molecule has 0 aliphatic carbocycles. The van der Waals surface area contributed by atoms with Crippen LogP contribution in [0.15, 0.2) is 72.9 Å². The van der Waals surface area contributed by atoms with E-state index >= 15 is 0 Å². The fourth-order valence-corrected chi connectivity index (χ4v) is 3.36. The number of halogens is 1. The van der Waals surface area contributed by atoms with E-state index in [0.29, 0.717) is 11.3 Å². The highest BCUT2D eigenvalue weighted by molar-refractivity contribution is 6.38. The van der Waals surface area contributed by atoms with Crippen LogP contribution in [0.25, 0.3) is 0 Å². The maximum Gasteiger partial charge on any atom is 0.289 e. The molecular weight excluding hydrogens is 465 g/mol. The first-order valence-corrected chi connectivity index (χ1v) is 11.4. The molecule has 9 heteroatoms. The summed E-state index contributed by atoms with van der Waals surface area (Å²) < 4.78 is 24.4. The molecule has 0 spiro atoms. The lowest BCUT2D eigenvalue weighted by Gasteiger charge is -2.20. The monoisotopic (exact) mass is 493 g/mol. The van der Waals surface area contributed by atoms with Gasteiger partial charge in [-0.2, -0.15) is 0 Å². The molecule has 3 aromatic rings. The first-order chi connectivity index (χ1) is 17.4. The number of rotatable bonds is 12. The average Bonchev–Trinajstić information content (AvgIpc) is 2.90. The van der Waals surface area contributed by atoms with Gasteiger partial charge in [-0.05, 0) is 42.3 Å². The molecule has 2 atom stereocenters. The zero-order valence-corrected chi connectivity index (χ0v) is 20.1. The molecular formula is C27H28FN3O5. The summed E-state index contributed by atoms with van der Waals surface area (Å²) in [6.45, 7) is 1.56. The van der Waals surface area contributed by atoms with Crippen LogP contribution in [-0.4, -0.2) is 41.8 Å². The van der Waals surface area contributed by atoms with Crippen molar-refractivity contribution in [2.24, 2.45) is 0 Å². The first-order valence-electron chi connectivity index (χ1n) is 11.4. The lowest BCUT2D eigenvalue weighted by atomic mass is 10.0. The number of methoxy groups -OCH3 is 1. The predicted octanol–water partition coefficient (Wildman–Crippen LogP) is 2.75. The fourth-order valence-electron chi connectivity index (χ4n) is 3.36. The van der Waals surface area contributed by atoms with Crippen molar-refractivity contribution < 1.29 is 28.2 Å². The Balaban J connectivity index is 1.63. The van der Waals surface area contributed by atoms with Gasteiger partial charge in [-0.25, -0.2) is 4.39 Å². The highest BCUT2D eigenvalue weighted by atomic mass is 19.1. The third-order valence-electron chi connectivity index (χ3n) is 5.38. The normalized spacial score (nSPS) is 12.3. The smallest absolute Gasteiger partial charge is 0.289 e. The Morgan fingerprint density at radius 1 is 1.00 bits per heavy atom. The molecule has 1 aromatic heterocycles. The highest BCUT2D eigenvalue weighted by Gasteiger charge is 2.29. The second-order valence-corrected chi connectivity index (χ2v) is 8.04. The summed E-state index contributed by atoms with van der Waals surface area (Å²) in [5.74, 6) is -2.62. The lowest BCUT2D eigenvalue weighted by molar-refractivity contribution is -0.141. The van der Waals surface area contributed by atoms with Crippen molar-refractivity contribution in [3.05, 3.63) is 95.6 Å². The predicted molar refractivity (Wildman–Crippen MR) is 130 cm³/mol. The molecule has 0 aliphatic rings. The van der Waals surface area contributed by atoms with Crippen LogP contribution in [-0.2, 0) is 38.7 Å². The van der Waals surface area contributed by atoms with Crippen LogP contribution in [0.2, 0.25) is 0 Å². The summed E-state index contributed by atoms with van der Waals surface area (Å²) in [4.78, 5) is 42.5. The molecule has 2 N–H and O–H groups in total. The van der Waals surface area contributed by atoms with Gasteiger partial charge in [-0.3, -0.25) is 19.4 Å². The molecule has 8 nitrogen and oxygen atoms in total. The Hall–Kier alpha value is -4.11. The van der Waals surface area contributed by atoms with Gasteiger partial charge in [0.2, 0.25) is 11.7 Å². The summed E-state index contributed by atoms with van der Waals surface area (Å²) in [5.41, 5.74) is 1.88. The molecule has 0 radical (unpaired) electrons. The molecule has 0 unspecified atom stereocenters. The molecule has 0 bridgehead atoms. The van der Waals surface area contributed by atoms with Crippen molar-refractivity contribution in [1.82, 2.24) is 15.6 Å². The molecule has 1 heterocycles. The Morgan fingerprint density at radius 2 is 1.75 bits per heavy atom. The van der Waals surface area contributed by atoms with E-state index in [9.17, 15) is 18.8 Å². The second-order valence-electron chi connectivity index (χ2n) is 8.04. The van der Waals surface area contributed by atoms with E-state index in [1.807, 2.05) is 6.07 Å². The van der Waals surface area contributed by atoms with Crippen molar-refractivity contribution in [2.75, 3.05) is 7.11 Å². The second kappa shape index (κ2) is 13.1. The molecule has 0 aliphatic heterocycles. The summed E-state index contributed by atoms with van der Waals surface area (Å²) in [6.07, 6.45) is 0.750.